The van der Waals surface area contributed by atoms with Crippen molar-refractivity contribution in [2.45, 2.75) is 4.90 Å². The van der Waals surface area contributed by atoms with Gasteiger partial charge in [0.25, 0.3) is 0 Å². The van der Waals surface area contributed by atoms with Crippen molar-refractivity contribution in [2.24, 2.45) is 9.74 Å². The first-order valence-corrected chi connectivity index (χ1v) is 7.58. The number of methoxy groups -OCH3 is 1. The number of para-hydroxylation sites is 1. The van der Waals surface area contributed by atoms with Crippen LogP contribution < -0.4 is 9.75 Å². The van der Waals surface area contributed by atoms with Crippen molar-refractivity contribution >= 4 is 15.7 Å². The third kappa shape index (κ3) is 3.79. The van der Waals surface area contributed by atoms with E-state index in [2.05, 4.69) is 9.74 Å². The normalized spacial score (nSPS) is 11.5. The first-order chi connectivity index (χ1) is 10.0. The average molecular weight is 305 g/mol. The molecular formula is C14H15N3O3S. The van der Waals surface area contributed by atoms with Gasteiger partial charge in [0.05, 0.1) is 17.7 Å². The Kier molecular flexibility index (Phi) is 4.54. The molecule has 0 radical (unpaired) electrons. The summed E-state index contributed by atoms with van der Waals surface area (Å²) < 4.78 is 32.5. The number of sulfonamides is 1. The van der Waals surface area contributed by atoms with Crippen LogP contribution in [0.2, 0.25) is 0 Å². The highest BCUT2D eigenvalue weighted by Crippen LogP contribution is 2.18. The highest BCUT2D eigenvalue weighted by molar-refractivity contribution is 7.90. The van der Waals surface area contributed by atoms with E-state index in [9.17, 15) is 8.42 Å². The van der Waals surface area contributed by atoms with Gasteiger partial charge in [0.1, 0.15) is 5.75 Å². The Morgan fingerprint density at radius 2 is 1.62 bits per heavy atom. The van der Waals surface area contributed by atoms with Gasteiger partial charge in [-0.1, -0.05) is 23.4 Å². The molecule has 0 aromatic heterocycles. The lowest BCUT2D eigenvalue weighted by Crippen LogP contribution is -2.08. The molecule has 0 amide bonds. The number of hydrogen-bond donors (Lipinski definition) is 0. The van der Waals surface area contributed by atoms with E-state index in [1.165, 1.54) is 24.3 Å². The molecule has 2 rings (SSSR count). The molecule has 0 spiro atoms. The van der Waals surface area contributed by atoms with E-state index in [1.807, 2.05) is 18.2 Å². The zero-order valence-corrected chi connectivity index (χ0v) is 12.5. The van der Waals surface area contributed by atoms with Gasteiger partial charge in [0, 0.05) is 7.05 Å². The second-order valence-corrected chi connectivity index (χ2v) is 5.77. The Labute approximate surface area is 123 Å². The summed E-state index contributed by atoms with van der Waals surface area (Å²) in [5, 5.41) is 5.11. The molecule has 0 aliphatic carbocycles. The minimum atomic E-state index is -3.83. The molecule has 0 atom stereocenters. The Morgan fingerprint density at radius 3 is 2.19 bits per heavy atom. The van der Waals surface area contributed by atoms with Crippen LogP contribution in [-0.2, 0) is 10.0 Å². The Bertz CT molecular complexity index is 713. The van der Waals surface area contributed by atoms with Crippen molar-refractivity contribution < 1.29 is 13.2 Å². The van der Waals surface area contributed by atoms with Crippen molar-refractivity contribution in [1.82, 2.24) is 0 Å². The van der Waals surface area contributed by atoms with E-state index in [0.717, 1.165) is 5.69 Å². The van der Waals surface area contributed by atoms with E-state index in [-0.39, 0.29) is 4.90 Å². The van der Waals surface area contributed by atoms with E-state index in [1.54, 1.807) is 31.3 Å². The predicted octanol–water partition coefficient (Wildman–Crippen LogP) is 2.89. The lowest BCUT2D eigenvalue weighted by Gasteiger charge is -2.10. The molecule has 110 valence electrons. The van der Waals surface area contributed by atoms with E-state index >= 15 is 0 Å². The molecule has 0 saturated heterocycles. The summed E-state index contributed by atoms with van der Waals surface area (Å²) in [5.41, 5.74) is 0.742. The molecule has 6 nitrogen and oxygen atoms in total. The van der Waals surface area contributed by atoms with E-state index < -0.39 is 10.0 Å². The van der Waals surface area contributed by atoms with Gasteiger partial charge < -0.3 is 4.74 Å². The van der Waals surface area contributed by atoms with E-state index in [0.29, 0.717) is 5.75 Å². The first kappa shape index (κ1) is 15.0. The van der Waals surface area contributed by atoms with Crippen LogP contribution in [0.4, 0.5) is 5.69 Å². The molecule has 0 fully saturated rings. The number of hydrogen-bond acceptors (Lipinski definition) is 4. The third-order valence-electron chi connectivity index (χ3n) is 2.77. The fourth-order valence-corrected chi connectivity index (χ4v) is 2.37. The number of benzene rings is 2. The molecule has 0 N–H and O–H groups in total. The summed E-state index contributed by atoms with van der Waals surface area (Å²) in [5.74, 6) is 0.576. The van der Waals surface area contributed by atoms with Crippen LogP contribution in [0.15, 0.2) is 69.2 Å². The zero-order chi connectivity index (χ0) is 15.3. The third-order valence-corrected chi connectivity index (χ3v) is 3.92. The van der Waals surface area contributed by atoms with Crippen molar-refractivity contribution in [3.8, 4) is 5.75 Å². The number of anilines is 1. The highest BCUT2D eigenvalue weighted by atomic mass is 32.2. The predicted molar refractivity (Wildman–Crippen MR) is 79.9 cm³/mol. The van der Waals surface area contributed by atoms with Crippen LogP contribution in [0, 0.1) is 0 Å². The van der Waals surface area contributed by atoms with Gasteiger partial charge in [-0.3, -0.25) is 0 Å². The molecule has 0 unspecified atom stereocenters. The smallest absolute Gasteiger partial charge is 0.301 e. The van der Waals surface area contributed by atoms with Gasteiger partial charge in [0.2, 0.25) is 0 Å². The Morgan fingerprint density at radius 1 is 1.00 bits per heavy atom. The molecular weight excluding hydrogens is 290 g/mol. The Balaban J connectivity index is 2.18. The largest absolute Gasteiger partial charge is 0.497 e. The second kappa shape index (κ2) is 6.36. The molecule has 0 saturated carbocycles. The van der Waals surface area contributed by atoms with Gasteiger partial charge in [0.15, 0.2) is 0 Å². The van der Waals surface area contributed by atoms with E-state index in [4.69, 9.17) is 4.74 Å². The van der Waals surface area contributed by atoms with Crippen LogP contribution in [0.1, 0.15) is 0 Å². The fraction of sp³-hybridized carbons (Fsp3) is 0.143. The number of rotatable bonds is 5. The summed E-state index contributed by atoms with van der Waals surface area (Å²) >= 11 is 0. The average Bonchev–Trinajstić information content (AvgIpc) is 2.53. The topological polar surface area (TPSA) is 71.3 Å². The lowest BCUT2D eigenvalue weighted by atomic mass is 10.3. The Hall–Kier alpha value is -2.41. The molecule has 21 heavy (non-hydrogen) atoms. The van der Waals surface area contributed by atoms with Gasteiger partial charge in [-0.25, -0.2) is 5.01 Å². The van der Waals surface area contributed by atoms with Crippen LogP contribution >= 0.6 is 0 Å². The second-order valence-electron chi connectivity index (χ2n) is 4.18. The molecule has 0 heterocycles. The van der Waals surface area contributed by atoms with Crippen LogP contribution in [0.5, 0.6) is 5.75 Å². The fourth-order valence-electron chi connectivity index (χ4n) is 1.59. The van der Waals surface area contributed by atoms with Crippen molar-refractivity contribution in [3.63, 3.8) is 0 Å². The minimum absolute atomic E-state index is 0.0634. The summed E-state index contributed by atoms with van der Waals surface area (Å²) in [6.45, 7) is 0. The maximum absolute atomic E-state index is 12.0. The molecule has 2 aromatic carbocycles. The quantitative estimate of drug-likeness (QED) is 0.629. The molecule has 0 aliphatic heterocycles. The maximum Gasteiger partial charge on any atom is 0.301 e. The zero-order valence-electron chi connectivity index (χ0n) is 11.7. The van der Waals surface area contributed by atoms with Crippen molar-refractivity contribution in [1.29, 1.82) is 0 Å². The SMILES string of the molecule is COc1ccc(S(=O)(=O)N=NN(C)c2ccccc2)cc1. The highest BCUT2D eigenvalue weighted by Gasteiger charge is 2.13. The number of ether oxygens (including phenoxy) is 1. The van der Waals surface area contributed by atoms with Gasteiger partial charge in [-0.05, 0) is 40.9 Å². The lowest BCUT2D eigenvalue weighted by molar-refractivity contribution is 0.414. The van der Waals surface area contributed by atoms with Crippen molar-refractivity contribution in [2.75, 3.05) is 19.2 Å². The molecule has 0 aliphatic rings. The van der Waals surface area contributed by atoms with Gasteiger partial charge in [-0.2, -0.15) is 8.42 Å². The van der Waals surface area contributed by atoms with Crippen LogP contribution in [-0.4, -0.2) is 22.6 Å². The standard InChI is InChI=1S/C14H15N3O3S/c1-17(12-6-4-3-5-7-12)15-16-21(18,19)14-10-8-13(20-2)9-11-14/h3-11H,1-2H3. The van der Waals surface area contributed by atoms with Crippen LogP contribution in [0.3, 0.4) is 0 Å². The molecule has 0 bridgehead atoms. The molecule has 7 heteroatoms. The summed E-state index contributed by atoms with van der Waals surface area (Å²) in [6.07, 6.45) is 0. The minimum Gasteiger partial charge on any atom is -0.497 e. The first-order valence-electron chi connectivity index (χ1n) is 6.14. The van der Waals surface area contributed by atoms with Gasteiger partial charge >= 0.3 is 10.0 Å². The summed E-state index contributed by atoms with van der Waals surface area (Å²) in [7, 11) is -0.688. The summed E-state index contributed by atoms with van der Waals surface area (Å²) in [4.78, 5) is 0.0634. The van der Waals surface area contributed by atoms with Gasteiger partial charge in [-0.15, -0.1) is 0 Å². The monoisotopic (exact) mass is 305 g/mol. The van der Waals surface area contributed by atoms with Crippen LogP contribution in [0.25, 0.3) is 0 Å². The molecule has 2 aromatic rings. The van der Waals surface area contributed by atoms with Crippen molar-refractivity contribution in [3.05, 3.63) is 54.6 Å². The number of nitrogens with zero attached hydrogens (tertiary/aromatic N) is 3. The summed E-state index contributed by atoms with van der Waals surface area (Å²) in [6, 6.07) is 15.1. The maximum atomic E-state index is 12.0.